The summed E-state index contributed by atoms with van der Waals surface area (Å²) in [4.78, 5) is 14.5. The van der Waals surface area contributed by atoms with E-state index < -0.39 is 0 Å². The van der Waals surface area contributed by atoms with Gasteiger partial charge in [0.05, 0.1) is 22.8 Å². The Balaban J connectivity index is 2.23. The standard InChI is InChI=1S/C15H16ClN3O2/c1-2-4-14(18-12-7-8-15(16)17-10-12)11-5-3-6-13(9-11)19(20)21/h3,5-10,14,18H,2,4H2,1H3. The Hall–Kier alpha value is -2.14. The number of anilines is 1. The number of nitrogens with zero attached hydrogens (tertiary/aromatic N) is 2. The van der Waals surface area contributed by atoms with E-state index in [1.54, 1.807) is 24.4 Å². The molecule has 1 unspecified atom stereocenters. The molecule has 1 aromatic carbocycles. The topological polar surface area (TPSA) is 68.1 Å². The van der Waals surface area contributed by atoms with Crippen LogP contribution in [0, 0.1) is 10.1 Å². The summed E-state index contributed by atoms with van der Waals surface area (Å²) < 4.78 is 0. The zero-order chi connectivity index (χ0) is 15.2. The Bertz CT molecular complexity index is 617. The van der Waals surface area contributed by atoms with E-state index in [9.17, 15) is 10.1 Å². The highest BCUT2D eigenvalue weighted by Gasteiger charge is 2.14. The van der Waals surface area contributed by atoms with Crippen molar-refractivity contribution in [2.45, 2.75) is 25.8 Å². The second kappa shape index (κ2) is 7.04. The maximum atomic E-state index is 10.9. The lowest BCUT2D eigenvalue weighted by molar-refractivity contribution is -0.384. The molecule has 0 spiro atoms. The minimum atomic E-state index is -0.379. The first-order valence-corrected chi connectivity index (χ1v) is 7.10. The molecule has 0 saturated carbocycles. The van der Waals surface area contributed by atoms with E-state index in [2.05, 4.69) is 17.2 Å². The van der Waals surface area contributed by atoms with E-state index in [1.165, 1.54) is 6.07 Å². The molecule has 2 aromatic rings. The highest BCUT2D eigenvalue weighted by atomic mass is 35.5. The number of halogens is 1. The normalized spacial score (nSPS) is 11.9. The molecule has 21 heavy (non-hydrogen) atoms. The highest BCUT2D eigenvalue weighted by Crippen LogP contribution is 2.26. The first-order valence-electron chi connectivity index (χ1n) is 6.72. The van der Waals surface area contributed by atoms with E-state index in [1.807, 2.05) is 12.1 Å². The highest BCUT2D eigenvalue weighted by molar-refractivity contribution is 6.29. The van der Waals surface area contributed by atoms with E-state index in [0.717, 1.165) is 24.1 Å². The Morgan fingerprint density at radius 2 is 2.19 bits per heavy atom. The van der Waals surface area contributed by atoms with Crippen molar-refractivity contribution in [3.05, 3.63) is 63.4 Å². The smallest absolute Gasteiger partial charge is 0.269 e. The predicted octanol–water partition coefficient (Wildman–Crippen LogP) is 4.60. The molecule has 1 aromatic heterocycles. The zero-order valence-corrected chi connectivity index (χ0v) is 12.4. The van der Waals surface area contributed by atoms with Gasteiger partial charge in [-0.15, -0.1) is 0 Å². The zero-order valence-electron chi connectivity index (χ0n) is 11.6. The SMILES string of the molecule is CCCC(Nc1ccc(Cl)nc1)c1cccc([N+](=O)[O-])c1. The van der Waals surface area contributed by atoms with E-state index in [0.29, 0.717) is 5.15 Å². The second-order valence-electron chi connectivity index (χ2n) is 4.71. The van der Waals surface area contributed by atoms with Crippen molar-refractivity contribution in [3.63, 3.8) is 0 Å². The lowest BCUT2D eigenvalue weighted by Crippen LogP contribution is -2.11. The van der Waals surface area contributed by atoms with Gasteiger partial charge in [0.1, 0.15) is 5.15 Å². The van der Waals surface area contributed by atoms with Gasteiger partial charge in [-0.2, -0.15) is 0 Å². The number of nitro groups is 1. The van der Waals surface area contributed by atoms with Gasteiger partial charge in [-0.1, -0.05) is 37.1 Å². The van der Waals surface area contributed by atoms with Crippen LogP contribution in [-0.2, 0) is 0 Å². The van der Waals surface area contributed by atoms with Crippen molar-refractivity contribution in [3.8, 4) is 0 Å². The molecule has 0 aliphatic carbocycles. The molecular formula is C15H16ClN3O2. The van der Waals surface area contributed by atoms with E-state index in [-0.39, 0.29) is 16.7 Å². The van der Waals surface area contributed by atoms with Gasteiger partial charge >= 0.3 is 0 Å². The molecule has 2 rings (SSSR count). The monoisotopic (exact) mass is 305 g/mol. The van der Waals surface area contributed by atoms with Gasteiger partial charge in [-0.3, -0.25) is 10.1 Å². The molecule has 0 bridgehead atoms. The summed E-state index contributed by atoms with van der Waals surface area (Å²) in [5, 5.41) is 14.7. The fourth-order valence-corrected chi connectivity index (χ4v) is 2.24. The molecular weight excluding hydrogens is 290 g/mol. The van der Waals surface area contributed by atoms with Gasteiger partial charge in [0.2, 0.25) is 0 Å². The van der Waals surface area contributed by atoms with Gasteiger partial charge in [-0.25, -0.2) is 4.98 Å². The van der Waals surface area contributed by atoms with Gasteiger partial charge in [-0.05, 0) is 24.1 Å². The van der Waals surface area contributed by atoms with Crippen LogP contribution in [0.2, 0.25) is 5.15 Å². The van der Waals surface area contributed by atoms with Crippen molar-refractivity contribution in [1.82, 2.24) is 4.98 Å². The molecule has 1 heterocycles. The third-order valence-electron chi connectivity index (χ3n) is 3.13. The maximum Gasteiger partial charge on any atom is 0.269 e. The van der Waals surface area contributed by atoms with Crippen LogP contribution in [0.1, 0.15) is 31.4 Å². The van der Waals surface area contributed by atoms with E-state index in [4.69, 9.17) is 11.6 Å². The summed E-state index contributed by atoms with van der Waals surface area (Å²) >= 11 is 5.77. The Morgan fingerprint density at radius 1 is 1.38 bits per heavy atom. The molecule has 0 aliphatic rings. The van der Waals surface area contributed by atoms with Gasteiger partial charge in [0.15, 0.2) is 0 Å². The average Bonchev–Trinajstić information content (AvgIpc) is 2.49. The van der Waals surface area contributed by atoms with Crippen LogP contribution in [0.3, 0.4) is 0 Å². The number of nitro benzene ring substituents is 1. The van der Waals surface area contributed by atoms with Crippen LogP contribution >= 0.6 is 11.6 Å². The molecule has 110 valence electrons. The lowest BCUT2D eigenvalue weighted by Gasteiger charge is -2.19. The first kappa shape index (κ1) is 15.3. The Morgan fingerprint density at radius 3 is 2.81 bits per heavy atom. The Labute approximate surface area is 128 Å². The molecule has 6 heteroatoms. The molecule has 1 N–H and O–H groups in total. The predicted molar refractivity (Wildman–Crippen MR) is 83.6 cm³/mol. The maximum absolute atomic E-state index is 10.9. The minimum absolute atomic E-state index is 0.00197. The first-order chi connectivity index (χ1) is 10.1. The summed E-state index contributed by atoms with van der Waals surface area (Å²) in [6.07, 6.45) is 3.48. The van der Waals surface area contributed by atoms with Crippen molar-refractivity contribution < 1.29 is 4.92 Å². The number of pyridine rings is 1. The van der Waals surface area contributed by atoms with Crippen molar-refractivity contribution in [2.24, 2.45) is 0 Å². The van der Waals surface area contributed by atoms with Crippen LogP contribution in [0.15, 0.2) is 42.6 Å². The quantitative estimate of drug-likeness (QED) is 0.481. The number of hydrogen-bond donors (Lipinski definition) is 1. The van der Waals surface area contributed by atoms with E-state index >= 15 is 0 Å². The number of benzene rings is 1. The third kappa shape index (κ3) is 4.16. The fourth-order valence-electron chi connectivity index (χ4n) is 2.13. The summed E-state index contributed by atoms with van der Waals surface area (Å²) in [6, 6.07) is 10.3. The molecule has 0 aliphatic heterocycles. The minimum Gasteiger partial charge on any atom is -0.377 e. The van der Waals surface area contributed by atoms with Crippen LogP contribution in [0.25, 0.3) is 0 Å². The summed E-state index contributed by atoms with van der Waals surface area (Å²) in [7, 11) is 0. The summed E-state index contributed by atoms with van der Waals surface area (Å²) in [5.74, 6) is 0. The van der Waals surface area contributed by atoms with Crippen molar-refractivity contribution in [2.75, 3.05) is 5.32 Å². The third-order valence-corrected chi connectivity index (χ3v) is 3.35. The van der Waals surface area contributed by atoms with Crippen LogP contribution in [0.5, 0.6) is 0 Å². The fraction of sp³-hybridized carbons (Fsp3) is 0.267. The van der Waals surface area contributed by atoms with Crippen molar-refractivity contribution in [1.29, 1.82) is 0 Å². The molecule has 0 amide bonds. The van der Waals surface area contributed by atoms with Crippen molar-refractivity contribution >= 4 is 23.0 Å². The lowest BCUT2D eigenvalue weighted by atomic mass is 10.0. The second-order valence-corrected chi connectivity index (χ2v) is 5.09. The largest absolute Gasteiger partial charge is 0.377 e. The van der Waals surface area contributed by atoms with Gasteiger partial charge in [0.25, 0.3) is 5.69 Å². The van der Waals surface area contributed by atoms with Crippen LogP contribution in [-0.4, -0.2) is 9.91 Å². The molecule has 0 saturated heterocycles. The van der Waals surface area contributed by atoms with Crippen LogP contribution in [0.4, 0.5) is 11.4 Å². The number of rotatable bonds is 6. The molecule has 1 atom stereocenters. The average molecular weight is 306 g/mol. The number of nitrogens with one attached hydrogen (secondary N) is 1. The molecule has 0 fully saturated rings. The number of aromatic nitrogens is 1. The summed E-state index contributed by atoms with van der Waals surface area (Å²) in [5.41, 5.74) is 1.83. The van der Waals surface area contributed by atoms with Crippen LogP contribution < -0.4 is 5.32 Å². The van der Waals surface area contributed by atoms with Gasteiger partial charge in [0, 0.05) is 12.1 Å². The molecule has 0 radical (unpaired) electrons. The Kier molecular flexibility index (Phi) is 5.11. The molecule has 5 nitrogen and oxygen atoms in total. The number of non-ortho nitro benzene ring substituents is 1. The van der Waals surface area contributed by atoms with Gasteiger partial charge < -0.3 is 5.32 Å². The summed E-state index contributed by atoms with van der Waals surface area (Å²) in [6.45, 7) is 2.08. The number of hydrogen-bond acceptors (Lipinski definition) is 4.